The molecule has 4 rings (SSSR count). The molecule has 0 aliphatic carbocycles. The van der Waals surface area contributed by atoms with E-state index in [4.69, 9.17) is 16.1 Å². The van der Waals surface area contributed by atoms with E-state index in [1.807, 2.05) is 0 Å². The second kappa shape index (κ2) is 7.71. The maximum Gasteiger partial charge on any atom is 0.274 e. The van der Waals surface area contributed by atoms with E-state index in [1.54, 1.807) is 43.5 Å². The Morgan fingerprint density at radius 3 is 2.45 bits per heavy atom. The Kier molecular flexibility index (Phi) is 5.19. The minimum Gasteiger partial charge on any atom is -0.337 e. The topological polar surface area (TPSA) is 119 Å². The summed E-state index contributed by atoms with van der Waals surface area (Å²) in [5, 5.41) is 7.01. The third kappa shape index (κ3) is 3.99. The summed E-state index contributed by atoms with van der Waals surface area (Å²) in [4.78, 5) is 17.2. The normalized spacial score (nSPS) is 11.6. The monoisotopic (exact) mass is 459 g/mol. The first-order chi connectivity index (χ1) is 14.7. The summed E-state index contributed by atoms with van der Waals surface area (Å²) in [6, 6.07) is 9.10. The SMILES string of the molecule is Cc1noc(NS(=O)(=O)c2ccc(NC(=O)c3c(C)nc4cc(Cl)ccn34)cc2)c1C. The van der Waals surface area contributed by atoms with Crippen LogP contribution in [0.2, 0.25) is 5.02 Å². The summed E-state index contributed by atoms with van der Waals surface area (Å²) in [5.41, 5.74) is 3.10. The molecule has 0 spiro atoms. The average Bonchev–Trinajstić information content (AvgIpc) is 3.20. The maximum absolute atomic E-state index is 12.8. The zero-order valence-corrected chi connectivity index (χ0v) is 18.4. The molecule has 1 aromatic carbocycles. The number of hydrogen-bond acceptors (Lipinski definition) is 6. The molecule has 31 heavy (non-hydrogen) atoms. The smallest absolute Gasteiger partial charge is 0.274 e. The number of rotatable bonds is 5. The number of aryl methyl sites for hydroxylation is 2. The molecule has 3 aromatic heterocycles. The van der Waals surface area contributed by atoms with Crippen molar-refractivity contribution in [3.05, 3.63) is 70.3 Å². The van der Waals surface area contributed by atoms with Crippen molar-refractivity contribution in [1.82, 2.24) is 14.5 Å². The van der Waals surface area contributed by atoms with Crippen molar-refractivity contribution in [2.24, 2.45) is 0 Å². The van der Waals surface area contributed by atoms with Crippen molar-refractivity contribution in [3.63, 3.8) is 0 Å². The number of benzene rings is 1. The minimum atomic E-state index is -3.87. The van der Waals surface area contributed by atoms with E-state index in [1.165, 1.54) is 24.3 Å². The Labute approximate surface area is 183 Å². The van der Waals surface area contributed by atoms with Gasteiger partial charge in [0.05, 0.1) is 16.3 Å². The van der Waals surface area contributed by atoms with Crippen LogP contribution in [0.3, 0.4) is 0 Å². The van der Waals surface area contributed by atoms with Crippen LogP contribution in [-0.2, 0) is 10.0 Å². The van der Waals surface area contributed by atoms with Crippen LogP contribution in [0.25, 0.3) is 5.65 Å². The third-order valence-electron chi connectivity index (χ3n) is 4.78. The second-order valence-electron chi connectivity index (χ2n) is 6.93. The highest BCUT2D eigenvalue weighted by atomic mass is 35.5. The minimum absolute atomic E-state index is 0.0135. The van der Waals surface area contributed by atoms with E-state index < -0.39 is 10.0 Å². The molecule has 0 aliphatic heterocycles. The zero-order valence-electron chi connectivity index (χ0n) is 16.8. The van der Waals surface area contributed by atoms with E-state index in [0.717, 1.165) is 0 Å². The quantitative estimate of drug-likeness (QED) is 0.466. The van der Waals surface area contributed by atoms with E-state index in [0.29, 0.717) is 39.0 Å². The van der Waals surface area contributed by atoms with Crippen LogP contribution in [0.4, 0.5) is 11.6 Å². The number of nitrogens with zero attached hydrogens (tertiary/aromatic N) is 3. The summed E-state index contributed by atoms with van der Waals surface area (Å²) in [6.07, 6.45) is 1.67. The largest absolute Gasteiger partial charge is 0.337 e. The van der Waals surface area contributed by atoms with E-state index in [9.17, 15) is 13.2 Å². The Balaban J connectivity index is 1.54. The number of imidazole rings is 1. The van der Waals surface area contributed by atoms with Crippen LogP contribution in [0.1, 0.15) is 27.4 Å². The van der Waals surface area contributed by atoms with Crippen molar-refractivity contribution < 1.29 is 17.7 Å². The number of pyridine rings is 1. The van der Waals surface area contributed by atoms with Crippen LogP contribution >= 0.6 is 11.6 Å². The highest BCUT2D eigenvalue weighted by molar-refractivity contribution is 7.92. The van der Waals surface area contributed by atoms with Gasteiger partial charge in [-0.25, -0.2) is 18.1 Å². The number of carbonyl (C=O) groups is 1. The summed E-state index contributed by atoms with van der Waals surface area (Å²) >= 11 is 5.98. The maximum atomic E-state index is 12.8. The Hall–Kier alpha value is -3.37. The molecule has 0 aliphatic rings. The fraction of sp³-hybridized carbons (Fsp3) is 0.150. The van der Waals surface area contributed by atoms with Crippen LogP contribution in [0.15, 0.2) is 52.0 Å². The fourth-order valence-corrected chi connectivity index (χ4v) is 4.21. The van der Waals surface area contributed by atoms with Gasteiger partial charge in [-0.2, -0.15) is 0 Å². The van der Waals surface area contributed by atoms with Gasteiger partial charge in [-0.3, -0.25) is 9.20 Å². The standard InChI is InChI=1S/C20H18ClN5O4S/c1-11-12(2)24-30-20(11)25-31(28,29)16-6-4-15(5-7-16)23-19(27)18-13(3)22-17-10-14(21)8-9-26(17)18/h4-10,25H,1-3H3,(H,23,27). The molecule has 2 N–H and O–H groups in total. The van der Waals surface area contributed by atoms with Crippen molar-refractivity contribution in [2.75, 3.05) is 10.0 Å². The summed E-state index contributed by atoms with van der Waals surface area (Å²) < 4.78 is 34.2. The molecule has 0 atom stereocenters. The summed E-state index contributed by atoms with van der Waals surface area (Å²) in [5.74, 6) is -0.313. The molecule has 0 bridgehead atoms. The molecule has 0 saturated heterocycles. The molecular weight excluding hydrogens is 442 g/mol. The highest BCUT2D eigenvalue weighted by Gasteiger charge is 2.20. The lowest BCUT2D eigenvalue weighted by molar-refractivity contribution is 0.102. The van der Waals surface area contributed by atoms with E-state index in [2.05, 4.69) is 20.2 Å². The lowest BCUT2D eigenvalue weighted by Crippen LogP contribution is -2.16. The van der Waals surface area contributed by atoms with E-state index >= 15 is 0 Å². The van der Waals surface area contributed by atoms with Gasteiger partial charge in [0.1, 0.15) is 11.3 Å². The van der Waals surface area contributed by atoms with Crippen LogP contribution in [-0.4, -0.2) is 28.9 Å². The van der Waals surface area contributed by atoms with Gasteiger partial charge in [-0.05, 0) is 51.1 Å². The number of carbonyl (C=O) groups excluding carboxylic acids is 1. The molecule has 0 fully saturated rings. The Morgan fingerprint density at radius 1 is 1.10 bits per heavy atom. The van der Waals surface area contributed by atoms with Crippen molar-refractivity contribution >= 4 is 44.8 Å². The van der Waals surface area contributed by atoms with Crippen LogP contribution < -0.4 is 10.0 Å². The van der Waals surface area contributed by atoms with Gasteiger partial charge in [-0.1, -0.05) is 16.8 Å². The molecular formula is C20H18ClN5O4S. The molecule has 11 heteroatoms. The molecule has 9 nitrogen and oxygen atoms in total. The first-order valence-electron chi connectivity index (χ1n) is 9.17. The first-order valence-corrected chi connectivity index (χ1v) is 11.0. The predicted molar refractivity (Wildman–Crippen MR) is 116 cm³/mol. The predicted octanol–water partition coefficient (Wildman–Crippen LogP) is 3.95. The van der Waals surface area contributed by atoms with Gasteiger partial charge in [0, 0.05) is 28.5 Å². The van der Waals surface area contributed by atoms with Crippen molar-refractivity contribution in [2.45, 2.75) is 25.7 Å². The number of fused-ring (bicyclic) bond motifs is 1. The molecule has 0 saturated carbocycles. The fourth-order valence-electron chi connectivity index (χ4n) is 3.01. The lowest BCUT2D eigenvalue weighted by Gasteiger charge is -2.09. The number of amides is 1. The number of sulfonamides is 1. The number of nitrogens with one attached hydrogen (secondary N) is 2. The zero-order chi connectivity index (χ0) is 22.3. The van der Waals surface area contributed by atoms with Crippen molar-refractivity contribution in [1.29, 1.82) is 0 Å². The molecule has 0 radical (unpaired) electrons. The number of hydrogen-bond donors (Lipinski definition) is 2. The molecule has 0 unspecified atom stereocenters. The Morgan fingerprint density at radius 2 is 1.81 bits per heavy atom. The number of anilines is 2. The Bertz CT molecular complexity index is 1410. The van der Waals surface area contributed by atoms with Gasteiger partial charge in [-0.15, -0.1) is 0 Å². The van der Waals surface area contributed by atoms with Crippen LogP contribution in [0.5, 0.6) is 0 Å². The summed E-state index contributed by atoms with van der Waals surface area (Å²) in [7, 11) is -3.87. The highest BCUT2D eigenvalue weighted by Crippen LogP contribution is 2.23. The third-order valence-corrected chi connectivity index (χ3v) is 6.37. The van der Waals surface area contributed by atoms with E-state index in [-0.39, 0.29) is 16.7 Å². The van der Waals surface area contributed by atoms with Gasteiger partial charge in [0.25, 0.3) is 15.9 Å². The molecule has 1 amide bonds. The second-order valence-corrected chi connectivity index (χ2v) is 9.04. The van der Waals surface area contributed by atoms with Crippen LogP contribution in [0, 0.1) is 20.8 Å². The first kappa shape index (κ1) is 20.9. The van der Waals surface area contributed by atoms with Gasteiger partial charge < -0.3 is 9.84 Å². The van der Waals surface area contributed by atoms with Gasteiger partial charge in [0.2, 0.25) is 5.88 Å². The summed E-state index contributed by atoms with van der Waals surface area (Å²) in [6.45, 7) is 5.15. The molecule has 3 heterocycles. The van der Waals surface area contributed by atoms with Crippen molar-refractivity contribution in [3.8, 4) is 0 Å². The number of aromatic nitrogens is 3. The van der Waals surface area contributed by atoms with Gasteiger partial charge >= 0.3 is 0 Å². The molecule has 4 aromatic rings. The number of halogens is 1. The average molecular weight is 460 g/mol. The lowest BCUT2D eigenvalue weighted by atomic mass is 10.3. The van der Waals surface area contributed by atoms with Gasteiger partial charge in [0.15, 0.2) is 0 Å². The molecule has 160 valence electrons.